The summed E-state index contributed by atoms with van der Waals surface area (Å²) in [5.74, 6) is 0.620. The van der Waals surface area contributed by atoms with Gasteiger partial charge in [-0.15, -0.1) is 24.8 Å². The molecule has 0 aliphatic carbocycles. The lowest BCUT2D eigenvalue weighted by atomic mass is 9.95. The van der Waals surface area contributed by atoms with Crippen molar-refractivity contribution in [3.05, 3.63) is 65.8 Å². The minimum absolute atomic E-state index is 0. The number of nitrogens with two attached hydrogens (primary N) is 1. The molecule has 1 fully saturated rings. The summed E-state index contributed by atoms with van der Waals surface area (Å²) in [4.78, 5) is 6.61. The molecule has 2 N–H and O–H groups in total. The second kappa shape index (κ2) is 8.15. The van der Waals surface area contributed by atoms with Gasteiger partial charge in [-0.1, -0.05) is 30.3 Å². The van der Waals surface area contributed by atoms with E-state index < -0.39 is 0 Å². The highest BCUT2D eigenvalue weighted by atomic mass is 35.5. The summed E-state index contributed by atoms with van der Waals surface area (Å²) in [5.41, 5.74) is 8.75. The molecule has 4 nitrogen and oxygen atoms in total. The number of rotatable bonds is 3. The molecule has 2 aromatic carbocycles. The molecular weight excluding hydrogens is 364 g/mol. The predicted octanol–water partition coefficient (Wildman–Crippen LogP) is 3.74. The fourth-order valence-electron chi connectivity index (χ4n) is 3.30. The summed E-state index contributed by atoms with van der Waals surface area (Å²) in [7, 11) is 0. The Labute approximate surface area is 158 Å². The van der Waals surface area contributed by atoms with Gasteiger partial charge in [-0.3, -0.25) is 4.90 Å². The van der Waals surface area contributed by atoms with E-state index in [4.69, 9.17) is 10.2 Å². The van der Waals surface area contributed by atoms with Crippen LogP contribution in [0.25, 0.3) is 11.1 Å². The highest BCUT2D eigenvalue weighted by Gasteiger charge is 2.31. The SMILES string of the molecule is Cl.Cl.N[C@@H]1CN(Cc2nc3cc(F)ccc3o2)C[C@H]1c1ccccc1. The van der Waals surface area contributed by atoms with E-state index in [1.54, 1.807) is 6.07 Å². The van der Waals surface area contributed by atoms with E-state index in [0.717, 1.165) is 13.1 Å². The molecule has 0 unspecified atom stereocenters. The maximum Gasteiger partial charge on any atom is 0.209 e. The number of nitrogens with zero attached hydrogens (tertiary/aromatic N) is 2. The molecule has 25 heavy (non-hydrogen) atoms. The summed E-state index contributed by atoms with van der Waals surface area (Å²) in [6, 6.07) is 14.8. The van der Waals surface area contributed by atoms with Gasteiger partial charge in [0.2, 0.25) is 5.89 Å². The van der Waals surface area contributed by atoms with Crippen LogP contribution >= 0.6 is 24.8 Å². The smallest absolute Gasteiger partial charge is 0.209 e. The lowest BCUT2D eigenvalue weighted by Crippen LogP contribution is -2.28. The zero-order valence-corrected chi connectivity index (χ0v) is 15.1. The molecule has 0 spiro atoms. The van der Waals surface area contributed by atoms with Crippen LogP contribution in [0.3, 0.4) is 0 Å². The molecule has 2 atom stereocenters. The highest BCUT2D eigenvalue weighted by molar-refractivity contribution is 5.85. The van der Waals surface area contributed by atoms with E-state index in [0.29, 0.717) is 29.5 Å². The first-order valence-electron chi connectivity index (χ1n) is 7.77. The Balaban J connectivity index is 0.00000113. The Hall–Kier alpha value is -1.66. The first kappa shape index (κ1) is 19.7. The molecule has 1 aromatic heterocycles. The van der Waals surface area contributed by atoms with Crippen molar-refractivity contribution in [2.75, 3.05) is 13.1 Å². The Morgan fingerprint density at radius 2 is 1.88 bits per heavy atom. The Bertz CT molecular complexity index is 828. The number of likely N-dealkylation sites (tertiary alicyclic amines) is 1. The van der Waals surface area contributed by atoms with Gasteiger partial charge in [-0.2, -0.15) is 0 Å². The zero-order chi connectivity index (χ0) is 15.8. The number of benzene rings is 2. The van der Waals surface area contributed by atoms with Crippen LogP contribution in [0.5, 0.6) is 0 Å². The van der Waals surface area contributed by atoms with Crippen LogP contribution in [-0.2, 0) is 6.54 Å². The Morgan fingerprint density at radius 1 is 1.12 bits per heavy atom. The topological polar surface area (TPSA) is 55.3 Å². The number of oxazole rings is 1. The van der Waals surface area contributed by atoms with Crippen LogP contribution in [0.2, 0.25) is 0 Å². The van der Waals surface area contributed by atoms with Gasteiger partial charge in [0.1, 0.15) is 11.3 Å². The number of halogens is 3. The van der Waals surface area contributed by atoms with Crippen molar-refractivity contribution in [2.24, 2.45) is 5.73 Å². The van der Waals surface area contributed by atoms with Gasteiger partial charge in [0.15, 0.2) is 5.58 Å². The lowest BCUT2D eigenvalue weighted by Gasteiger charge is -2.14. The molecule has 0 amide bonds. The van der Waals surface area contributed by atoms with E-state index in [9.17, 15) is 4.39 Å². The third kappa shape index (κ3) is 4.12. The molecule has 134 valence electrons. The molecule has 1 aliphatic heterocycles. The third-order valence-corrected chi connectivity index (χ3v) is 4.42. The number of hydrogen-bond acceptors (Lipinski definition) is 4. The highest BCUT2D eigenvalue weighted by Crippen LogP contribution is 2.28. The Kier molecular flexibility index (Phi) is 6.41. The number of fused-ring (bicyclic) bond motifs is 1. The maximum atomic E-state index is 13.2. The first-order valence-corrected chi connectivity index (χ1v) is 7.77. The lowest BCUT2D eigenvalue weighted by molar-refractivity contribution is 0.289. The standard InChI is InChI=1S/C18H18FN3O.2ClH/c19-13-6-7-17-16(8-13)21-18(23-17)11-22-9-14(15(20)10-22)12-4-2-1-3-5-12;;/h1-8,14-15H,9-11,20H2;2*1H/t14-,15+;;/m0../s1. The van der Waals surface area contributed by atoms with Gasteiger partial charge in [-0.25, -0.2) is 9.37 Å². The molecule has 4 rings (SSSR count). The van der Waals surface area contributed by atoms with E-state index in [-0.39, 0.29) is 36.7 Å². The summed E-state index contributed by atoms with van der Waals surface area (Å²) >= 11 is 0. The van der Waals surface area contributed by atoms with E-state index in [1.807, 2.05) is 18.2 Å². The van der Waals surface area contributed by atoms with E-state index >= 15 is 0 Å². The second-order valence-corrected chi connectivity index (χ2v) is 6.09. The van der Waals surface area contributed by atoms with Crippen molar-refractivity contribution in [1.29, 1.82) is 0 Å². The van der Waals surface area contributed by atoms with E-state index in [2.05, 4.69) is 22.0 Å². The predicted molar refractivity (Wildman–Crippen MR) is 101 cm³/mol. The summed E-state index contributed by atoms with van der Waals surface area (Å²) in [6.45, 7) is 2.26. The third-order valence-electron chi connectivity index (χ3n) is 4.42. The van der Waals surface area contributed by atoms with Crippen molar-refractivity contribution in [2.45, 2.75) is 18.5 Å². The van der Waals surface area contributed by atoms with Gasteiger partial charge >= 0.3 is 0 Å². The van der Waals surface area contributed by atoms with Crippen LogP contribution < -0.4 is 5.73 Å². The average molecular weight is 384 g/mol. The van der Waals surface area contributed by atoms with Gasteiger partial charge in [0.05, 0.1) is 6.54 Å². The minimum atomic E-state index is -0.301. The molecule has 3 aromatic rings. The van der Waals surface area contributed by atoms with Gasteiger partial charge < -0.3 is 10.2 Å². The molecule has 0 radical (unpaired) electrons. The fourth-order valence-corrected chi connectivity index (χ4v) is 3.30. The quantitative estimate of drug-likeness (QED) is 0.748. The summed E-state index contributed by atoms with van der Waals surface area (Å²) in [6.07, 6.45) is 0. The first-order chi connectivity index (χ1) is 11.2. The summed E-state index contributed by atoms with van der Waals surface area (Å²) < 4.78 is 18.9. The fraction of sp³-hybridized carbons (Fsp3) is 0.278. The normalized spacial score (nSPS) is 20.2. The molecular formula is C18H20Cl2FN3O. The largest absolute Gasteiger partial charge is 0.439 e. The monoisotopic (exact) mass is 383 g/mol. The summed E-state index contributed by atoms with van der Waals surface area (Å²) in [5, 5.41) is 0. The van der Waals surface area contributed by atoms with Crippen molar-refractivity contribution in [3.63, 3.8) is 0 Å². The molecule has 1 aliphatic rings. The zero-order valence-electron chi connectivity index (χ0n) is 13.5. The van der Waals surface area contributed by atoms with Crippen LogP contribution in [-0.4, -0.2) is 29.0 Å². The minimum Gasteiger partial charge on any atom is -0.439 e. The van der Waals surface area contributed by atoms with Crippen LogP contribution in [0.4, 0.5) is 4.39 Å². The number of hydrogen-bond donors (Lipinski definition) is 1. The van der Waals surface area contributed by atoms with Crippen molar-refractivity contribution >= 4 is 35.9 Å². The van der Waals surface area contributed by atoms with Gasteiger partial charge in [0.25, 0.3) is 0 Å². The molecule has 0 bridgehead atoms. The van der Waals surface area contributed by atoms with Crippen LogP contribution in [0.1, 0.15) is 17.4 Å². The van der Waals surface area contributed by atoms with Crippen LogP contribution in [0.15, 0.2) is 52.9 Å². The Morgan fingerprint density at radius 3 is 2.64 bits per heavy atom. The molecule has 1 saturated heterocycles. The molecule has 0 saturated carbocycles. The maximum absolute atomic E-state index is 13.2. The van der Waals surface area contributed by atoms with Crippen molar-refractivity contribution in [1.82, 2.24) is 9.88 Å². The van der Waals surface area contributed by atoms with Crippen molar-refractivity contribution < 1.29 is 8.81 Å². The van der Waals surface area contributed by atoms with Crippen LogP contribution in [0, 0.1) is 5.82 Å². The van der Waals surface area contributed by atoms with E-state index in [1.165, 1.54) is 17.7 Å². The molecule has 2 heterocycles. The van der Waals surface area contributed by atoms with Crippen molar-refractivity contribution in [3.8, 4) is 0 Å². The average Bonchev–Trinajstić information content (AvgIpc) is 3.10. The number of aromatic nitrogens is 1. The van der Waals surface area contributed by atoms with Gasteiger partial charge in [0, 0.05) is 31.1 Å². The second-order valence-electron chi connectivity index (χ2n) is 6.09. The van der Waals surface area contributed by atoms with Gasteiger partial charge in [-0.05, 0) is 17.7 Å². The molecule has 7 heteroatoms.